The van der Waals surface area contributed by atoms with E-state index in [1.54, 1.807) is 12.1 Å². The first-order valence-corrected chi connectivity index (χ1v) is 10.6. The van der Waals surface area contributed by atoms with E-state index in [9.17, 15) is 8.42 Å². The molecule has 2 heterocycles. The fraction of sp³-hybridized carbons (Fsp3) is 0.286. The summed E-state index contributed by atoms with van der Waals surface area (Å²) in [6, 6.07) is 16.8. The molecule has 1 aliphatic rings. The SMILES string of the molecule is Cc1cc(C)n(-c2ccc(C3CNC3)cc2)n1.Cc1ccc(S(=O)(=O)O)cc1. The molecule has 1 saturated heterocycles. The van der Waals surface area contributed by atoms with Crippen molar-refractivity contribution < 1.29 is 13.0 Å². The topological polar surface area (TPSA) is 84.2 Å². The number of rotatable bonds is 3. The summed E-state index contributed by atoms with van der Waals surface area (Å²) in [5.74, 6) is 0.699. The summed E-state index contributed by atoms with van der Waals surface area (Å²) >= 11 is 0. The summed E-state index contributed by atoms with van der Waals surface area (Å²) in [4.78, 5) is -0.0666. The minimum atomic E-state index is -4.02. The lowest BCUT2D eigenvalue weighted by atomic mass is 9.94. The molecule has 1 aliphatic heterocycles. The summed E-state index contributed by atoms with van der Waals surface area (Å²) in [7, 11) is -4.02. The number of aryl methyl sites for hydroxylation is 3. The van der Waals surface area contributed by atoms with E-state index in [-0.39, 0.29) is 4.90 Å². The van der Waals surface area contributed by atoms with Gasteiger partial charge in [-0.1, -0.05) is 29.8 Å². The average Bonchev–Trinajstić information content (AvgIpc) is 2.93. The van der Waals surface area contributed by atoms with E-state index in [1.165, 1.54) is 23.4 Å². The molecular formula is C21H25N3O3S. The van der Waals surface area contributed by atoms with Crippen LogP contribution in [0.3, 0.4) is 0 Å². The zero-order chi connectivity index (χ0) is 20.3. The van der Waals surface area contributed by atoms with Gasteiger partial charge in [-0.25, -0.2) is 4.68 Å². The van der Waals surface area contributed by atoms with E-state index in [0.717, 1.165) is 30.0 Å². The number of hydrogen-bond acceptors (Lipinski definition) is 4. The molecule has 0 saturated carbocycles. The highest BCUT2D eigenvalue weighted by Crippen LogP contribution is 2.21. The largest absolute Gasteiger partial charge is 0.315 e. The molecule has 148 valence electrons. The minimum Gasteiger partial charge on any atom is -0.315 e. The molecular weight excluding hydrogens is 374 g/mol. The van der Waals surface area contributed by atoms with Crippen molar-refractivity contribution in [2.24, 2.45) is 0 Å². The van der Waals surface area contributed by atoms with Gasteiger partial charge >= 0.3 is 0 Å². The summed E-state index contributed by atoms with van der Waals surface area (Å²) < 4.78 is 31.5. The molecule has 0 aliphatic carbocycles. The molecule has 28 heavy (non-hydrogen) atoms. The summed E-state index contributed by atoms with van der Waals surface area (Å²) in [5, 5.41) is 7.79. The van der Waals surface area contributed by atoms with Gasteiger partial charge in [-0.2, -0.15) is 13.5 Å². The summed E-state index contributed by atoms with van der Waals surface area (Å²) in [6.07, 6.45) is 0. The van der Waals surface area contributed by atoms with Crippen LogP contribution in [0.1, 0.15) is 28.4 Å². The highest BCUT2D eigenvalue weighted by atomic mass is 32.2. The number of hydrogen-bond donors (Lipinski definition) is 2. The first-order chi connectivity index (χ1) is 13.2. The molecule has 6 nitrogen and oxygen atoms in total. The Labute approximate surface area is 166 Å². The summed E-state index contributed by atoms with van der Waals surface area (Å²) in [6.45, 7) is 8.17. The van der Waals surface area contributed by atoms with Gasteiger partial charge < -0.3 is 5.32 Å². The van der Waals surface area contributed by atoms with Crippen LogP contribution < -0.4 is 5.32 Å². The lowest BCUT2D eigenvalue weighted by molar-refractivity contribution is 0.448. The molecule has 7 heteroatoms. The Kier molecular flexibility index (Phi) is 5.98. The normalized spacial score (nSPS) is 14.1. The Morgan fingerprint density at radius 2 is 1.61 bits per heavy atom. The highest BCUT2D eigenvalue weighted by Gasteiger charge is 2.18. The molecule has 4 rings (SSSR count). The van der Waals surface area contributed by atoms with Crippen molar-refractivity contribution in [3.8, 4) is 5.69 Å². The van der Waals surface area contributed by atoms with Gasteiger partial charge in [0.1, 0.15) is 0 Å². The van der Waals surface area contributed by atoms with Crippen molar-refractivity contribution >= 4 is 10.1 Å². The predicted octanol–water partition coefficient (Wildman–Crippen LogP) is 3.42. The lowest BCUT2D eigenvalue weighted by Crippen LogP contribution is -2.39. The standard InChI is InChI=1S/C14H17N3.C7H8O3S/c1-10-7-11(2)17(16-10)14-5-3-12(4-6-14)13-8-15-9-13;1-6-2-4-7(5-3-6)11(8,9)10/h3-7,13,15H,8-9H2,1-2H3;2-5H,1H3,(H,8,9,10). The van der Waals surface area contributed by atoms with Gasteiger partial charge in [0.05, 0.1) is 16.3 Å². The third-order valence-electron chi connectivity index (χ3n) is 4.72. The van der Waals surface area contributed by atoms with Gasteiger partial charge in [-0.05, 0) is 56.7 Å². The van der Waals surface area contributed by atoms with Gasteiger partial charge in [0, 0.05) is 24.7 Å². The van der Waals surface area contributed by atoms with Crippen molar-refractivity contribution in [2.75, 3.05) is 13.1 Å². The van der Waals surface area contributed by atoms with Crippen LogP contribution in [-0.4, -0.2) is 35.8 Å². The molecule has 2 aromatic carbocycles. The first-order valence-electron chi connectivity index (χ1n) is 9.12. The molecule has 2 N–H and O–H groups in total. The van der Waals surface area contributed by atoms with Crippen LogP contribution in [0.2, 0.25) is 0 Å². The molecule has 0 unspecified atom stereocenters. The third kappa shape index (κ3) is 4.86. The Hall–Kier alpha value is -2.48. The van der Waals surface area contributed by atoms with E-state index in [1.807, 2.05) is 18.5 Å². The zero-order valence-corrected chi connectivity index (χ0v) is 17.1. The Morgan fingerprint density at radius 3 is 2.04 bits per heavy atom. The smallest absolute Gasteiger partial charge is 0.294 e. The maximum atomic E-state index is 10.5. The van der Waals surface area contributed by atoms with Gasteiger partial charge in [0.25, 0.3) is 10.1 Å². The van der Waals surface area contributed by atoms with E-state index in [2.05, 4.69) is 47.7 Å². The van der Waals surface area contributed by atoms with Gasteiger partial charge in [-0.3, -0.25) is 4.55 Å². The van der Waals surface area contributed by atoms with E-state index < -0.39 is 10.1 Å². The van der Waals surface area contributed by atoms with Gasteiger partial charge in [0.2, 0.25) is 0 Å². The number of nitrogens with zero attached hydrogens (tertiary/aromatic N) is 2. The zero-order valence-electron chi connectivity index (χ0n) is 16.3. The van der Waals surface area contributed by atoms with Crippen molar-refractivity contribution in [3.63, 3.8) is 0 Å². The van der Waals surface area contributed by atoms with Crippen molar-refractivity contribution in [1.29, 1.82) is 0 Å². The second-order valence-corrected chi connectivity index (χ2v) is 8.50. The van der Waals surface area contributed by atoms with Crippen LogP contribution in [0, 0.1) is 20.8 Å². The van der Waals surface area contributed by atoms with Crippen molar-refractivity contribution in [2.45, 2.75) is 31.6 Å². The van der Waals surface area contributed by atoms with Crippen LogP contribution in [0.4, 0.5) is 0 Å². The molecule has 3 aromatic rings. The monoisotopic (exact) mass is 399 g/mol. The molecule has 1 aromatic heterocycles. The fourth-order valence-corrected chi connectivity index (χ4v) is 3.49. The fourth-order valence-electron chi connectivity index (χ4n) is 3.01. The number of nitrogens with one attached hydrogen (secondary N) is 1. The Bertz CT molecular complexity index is 1040. The van der Waals surface area contributed by atoms with Gasteiger partial charge in [-0.15, -0.1) is 0 Å². The van der Waals surface area contributed by atoms with E-state index in [0.29, 0.717) is 5.92 Å². The second-order valence-electron chi connectivity index (χ2n) is 7.07. The molecule has 0 amide bonds. The molecule has 0 radical (unpaired) electrons. The lowest BCUT2D eigenvalue weighted by Gasteiger charge is -2.27. The van der Waals surface area contributed by atoms with Crippen LogP contribution in [0.15, 0.2) is 59.5 Å². The highest BCUT2D eigenvalue weighted by molar-refractivity contribution is 7.85. The second kappa shape index (κ2) is 8.26. The molecule has 0 spiro atoms. The van der Waals surface area contributed by atoms with Crippen LogP contribution in [0.25, 0.3) is 5.69 Å². The maximum Gasteiger partial charge on any atom is 0.294 e. The van der Waals surface area contributed by atoms with Crippen molar-refractivity contribution in [1.82, 2.24) is 15.1 Å². The average molecular weight is 400 g/mol. The maximum absolute atomic E-state index is 10.5. The Morgan fingerprint density at radius 1 is 1.00 bits per heavy atom. The summed E-state index contributed by atoms with van der Waals surface area (Å²) in [5.41, 5.74) is 5.77. The predicted molar refractivity (Wildman–Crippen MR) is 110 cm³/mol. The Balaban J connectivity index is 0.000000178. The van der Waals surface area contributed by atoms with Crippen LogP contribution in [0.5, 0.6) is 0 Å². The third-order valence-corrected chi connectivity index (χ3v) is 5.59. The van der Waals surface area contributed by atoms with Crippen LogP contribution >= 0.6 is 0 Å². The number of aromatic nitrogens is 2. The van der Waals surface area contributed by atoms with Crippen LogP contribution in [-0.2, 0) is 10.1 Å². The quantitative estimate of drug-likeness (QED) is 0.660. The van der Waals surface area contributed by atoms with E-state index in [4.69, 9.17) is 4.55 Å². The first kappa shape index (κ1) is 20.3. The molecule has 0 atom stereocenters. The molecule has 0 bridgehead atoms. The van der Waals surface area contributed by atoms with Crippen molar-refractivity contribution in [3.05, 3.63) is 77.1 Å². The minimum absolute atomic E-state index is 0.0666. The van der Waals surface area contributed by atoms with E-state index >= 15 is 0 Å². The molecule has 1 fully saturated rings. The number of benzene rings is 2. The van der Waals surface area contributed by atoms with Gasteiger partial charge in [0.15, 0.2) is 0 Å².